The third kappa shape index (κ3) is 7.84. The molecule has 0 aromatic rings. The van der Waals surface area contributed by atoms with Crippen LogP contribution >= 0.6 is 40.0 Å². The van der Waals surface area contributed by atoms with E-state index in [-0.39, 0.29) is 0 Å². The van der Waals surface area contributed by atoms with Gasteiger partial charge >= 0.3 is 49.4 Å². The molecule has 1 saturated carbocycles. The van der Waals surface area contributed by atoms with E-state index < -0.39 is 0 Å². The second-order valence-corrected chi connectivity index (χ2v) is 15.1. The Hall–Kier alpha value is 1.96. The van der Waals surface area contributed by atoms with Crippen LogP contribution in [0.2, 0.25) is 0 Å². The summed E-state index contributed by atoms with van der Waals surface area (Å²) in [4.78, 5) is 0. The van der Waals surface area contributed by atoms with Crippen molar-refractivity contribution in [2.75, 3.05) is 13.2 Å². The maximum absolute atomic E-state index is 8.79. The van der Waals surface area contributed by atoms with E-state index in [2.05, 4.69) is 40.0 Å². The number of aliphatic hydroxyl groups is 2. The van der Waals surface area contributed by atoms with Crippen LogP contribution in [0.25, 0.3) is 0 Å². The molecule has 0 radical (unpaired) electrons. The Morgan fingerprint density at radius 3 is 1.31 bits per heavy atom. The molecule has 0 atom stereocenters. The Morgan fingerprint density at radius 2 is 1.15 bits per heavy atom. The topological polar surface area (TPSA) is 40.5 Å². The predicted octanol–water partition coefficient (Wildman–Crippen LogP) is 2.55. The summed E-state index contributed by atoms with van der Waals surface area (Å²) in [6.45, 7) is 0.663. The van der Waals surface area contributed by atoms with E-state index in [9.17, 15) is 0 Å². The first-order valence-electron chi connectivity index (χ1n) is 4.42. The third-order valence-corrected chi connectivity index (χ3v) is 2.48. The third-order valence-electron chi connectivity index (χ3n) is 2.48. The minimum absolute atomic E-state index is 0.331. The van der Waals surface area contributed by atoms with Crippen molar-refractivity contribution < 1.29 is 19.7 Å². The molecule has 0 heterocycles. The van der Waals surface area contributed by atoms with Crippen molar-refractivity contribution in [2.24, 2.45) is 11.8 Å². The van der Waals surface area contributed by atoms with Gasteiger partial charge in [-0.05, 0) is 37.5 Å². The van der Waals surface area contributed by atoms with Crippen LogP contribution < -0.4 is 0 Å². The zero-order chi connectivity index (χ0) is 10.1. The van der Waals surface area contributed by atoms with Gasteiger partial charge in [0.15, 0.2) is 0 Å². The van der Waals surface area contributed by atoms with Crippen molar-refractivity contribution in [3.8, 4) is 0 Å². The molecule has 2 N–H and O–H groups in total. The molecule has 0 saturated heterocycles. The van der Waals surface area contributed by atoms with E-state index in [0.29, 0.717) is 34.5 Å². The zero-order valence-corrected chi connectivity index (χ0v) is 13.2. The monoisotopic (exact) mass is 449 g/mol. The first-order chi connectivity index (χ1) is 6.28. The van der Waals surface area contributed by atoms with Gasteiger partial charge in [0.1, 0.15) is 0 Å². The SMILES string of the molecule is OCC1CCC(CO)CC1.[I][V][I]. The van der Waals surface area contributed by atoms with E-state index in [1.807, 2.05) is 0 Å². The molecule has 0 amide bonds. The standard InChI is InChI=1S/C8H16O2.2HI.V/c9-5-7-1-2-8(6-10)4-3-7;;;/h7-10H,1-6H2;2*1H;/q;;;+2/p-2. The average Bonchev–Trinajstić information content (AvgIpc) is 2.19. The van der Waals surface area contributed by atoms with Crippen LogP contribution in [0.5, 0.6) is 0 Å². The summed E-state index contributed by atoms with van der Waals surface area (Å²) in [6, 6.07) is 0. The van der Waals surface area contributed by atoms with Crippen molar-refractivity contribution in [3.63, 3.8) is 0 Å². The summed E-state index contributed by atoms with van der Waals surface area (Å²) in [5.74, 6) is 1.03. The molecule has 2 nitrogen and oxygen atoms in total. The minimum atomic E-state index is 0.331. The number of halogens is 2. The fraction of sp³-hybridized carbons (Fsp3) is 1.00. The van der Waals surface area contributed by atoms with Crippen molar-refractivity contribution >= 4 is 40.0 Å². The molecule has 0 aliphatic heterocycles. The molecule has 1 aliphatic rings. The number of aliphatic hydroxyl groups excluding tert-OH is 2. The van der Waals surface area contributed by atoms with Crippen molar-refractivity contribution in [1.82, 2.24) is 0 Å². The summed E-state index contributed by atoms with van der Waals surface area (Å²) < 4.78 is 0. The maximum atomic E-state index is 8.79. The van der Waals surface area contributed by atoms with E-state index in [1.165, 1.54) is 0 Å². The van der Waals surface area contributed by atoms with Crippen LogP contribution in [0, 0.1) is 11.8 Å². The van der Waals surface area contributed by atoms with E-state index in [4.69, 9.17) is 10.2 Å². The summed E-state index contributed by atoms with van der Waals surface area (Å²) in [5.41, 5.74) is 0. The normalized spacial score (nSPS) is 27.4. The predicted molar refractivity (Wildman–Crippen MR) is 67.7 cm³/mol. The Labute approximate surface area is 109 Å². The molecule has 0 aromatic heterocycles. The fourth-order valence-electron chi connectivity index (χ4n) is 1.60. The number of hydrogen-bond donors (Lipinski definition) is 2. The van der Waals surface area contributed by atoms with E-state index in [0.717, 1.165) is 25.7 Å². The molecule has 0 aromatic carbocycles. The van der Waals surface area contributed by atoms with Gasteiger partial charge < -0.3 is 10.2 Å². The molecule has 1 fully saturated rings. The van der Waals surface area contributed by atoms with Crippen LogP contribution in [0.4, 0.5) is 0 Å². The molecule has 0 spiro atoms. The molecule has 5 heteroatoms. The molecular formula is C8H16I2O2V. The molecule has 13 heavy (non-hydrogen) atoms. The summed E-state index contributed by atoms with van der Waals surface area (Å²) in [7, 11) is 0.628. The summed E-state index contributed by atoms with van der Waals surface area (Å²) in [5, 5.41) is 17.6. The first-order valence-corrected chi connectivity index (χ1v) is 13.4. The van der Waals surface area contributed by atoms with Crippen molar-refractivity contribution in [3.05, 3.63) is 0 Å². The van der Waals surface area contributed by atoms with Gasteiger partial charge in [-0.15, -0.1) is 0 Å². The number of rotatable bonds is 2. The van der Waals surface area contributed by atoms with Crippen molar-refractivity contribution in [1.29, 1.82) is 0 Å². The molecule has 1 rings (SSSR count). The van der Waals surface area contributed by atoms with Crippen LogP contribution in [0.3, 0.4) is 0 Å². The molecule has 0 bridgehead atoms. The van der Waals surface area contributed by atoms with Gasteiger partial charge in [-0.3, -0.25) is 0 Å². The Bertz CT molecular complexity index is 96.3. The Balaban J connectivity index is 0.000000424. The van der Waals surface area contributed by atoms with Crippen LogP contribution in [0.15, 0.2) is 0 Å². The zero-order valence-electron chi connectivity index (χ0n) is 7.49. The second kappa shape index (κ2) is 10.5. The molecule has 1 aliphatic carbocycles. The molecule has 0 unspecified atom stereocenters. The van der Waals surface area contributed by atoms with Crippen LogP contribution in [0.1, 0.15) is 25.7 Å². The van der Waals surface area contributed by atoms with Crippen LogP contribution in [-0.4, -0.2) is 23.4 Å². The van der Waals surface area contributed by atoms with E-state index >= 15 is 0 Å². The number of hydrogen-bond acceptors (Lipinski definition) is 2. The van der Waals surface area contributed by atoms with Gasteiger partial charge in [-0.1, -0.05) is 0 Å². The van der Waals surface area contributed by atoms with Gasteiger partial charge in [-0.25, -0.2) is 0 Å². The first kappa shape index (κ1) is 15.0. The Kier molecular flexibility index (Phi) is 12.1. The average molecular weight is 449 g/mol. The Morgan fingerprint density at radius 1 is 0.923 bits per heavy atom. The molecular weight excluding hydrogens is 433 g/mol. The van der Waals surface area contributed by atoms with Gasteiger partial charge in [0.05, 0.1) is 0 Å². The van der Waals surface area contributed by atoms with E-state index in [1.54, 1.807) is 0 Å². The van der Waals surface area contributed by atoms with Gasteiger partial charge in [0.25, 0.3) is 0 Å². The summed E-state index contributed by atoms with van der Waals surface area (Å²) in [6.07, 6.45) is 4.40. The fourth-order valence-corrected chi connectivity index (χ4v) is 1.60. The quantitative estimate of drug-likeness (QED) is 0.637. The van der Waals surface area contributed by atoms with Gasteiger partial charge in [0.2, 0.25) is 0 Å². The summed E-state index contributed by atoms with van der Waals surface area (Å²) >= 11 is 4.74. The second-order valence-electron chi connectivity index (χ2n) is 3.32. The van der Waals surface area contributed by atoms with Crippen LogP contribution in [-0.2, 0) is 9.47 Å². The molecule has 79 valence electrons. The van der Waals surface area contributed by atoms with Crippen molar-refractivity contribution in [2.45, 2.75) is 25.7 Å². The van der Waals surface area contributed by atoms with Gasteiger partial charge in [-0.2, -0.15) is 0 Å². The van der Waals surface area contributed by atoms with Gasteiger partial charge in [0, 0.05) is 13.2 Å².